The SMILES string of the molecule is N#C/C(NN)=C(/N)c1cccc(COc2ccc(Br)cc2F)c1. The summed E-state index contributed by atoms with van der Waals surface area (Å²) in [4.78, 5) is 0. The molecule has 2 aromatic rings. The molecule has 23 heavy (non-hydrogen) atoms. The number of nitrogens with one attached hydrogen (secondary N) is 1. The molecule has 0 aliphatic heterocycles. The predicted octanol–water partition coefficient (Wildman–Crippen LogP) is 2.78. The van der Waals surface area contributed by atoms with Crippen LogP contribution in [-0.2, 0) is 6.61 Å². The third kappa shape index (κ3) is 4.22. The molecule has 2 rings (SSSR count). The molecule has 118 valence electrons. The average Bonchev–Trinajstić information content (AvgIpc) is 2.55. The van der Waals surface area contributed by atoms with Gasteiger partial charge in [0.2, 0.25) is 0 Å². The van der Waals surface area contributed by atoms with Crippen LogP contribution < -0.4 is 21.7 Å². The lowest BCUT2D eigenvalue weighted by molar-refractivity contribution is 0.290. The highest BCUT2D eigenvalue weighted by Gasteiger charge is 2.07. The first kappa shape index (κ1) is 16.8. The Kier molecular flexibility index (Phi) is 5.57. The van der Waals surface area contributed by atoms with Gasteiger partial charge in [-0.05, 0) is 29.8 Å². The molecule has 2 aromatic carbocycles. The van der Waals surface area contributed by atoms with Gasteiger partial charge in [0.25, 0.3) is 0 Å². The second-order valence-corrected chi connectivity index (χ2v) is 5.52. The van der Waals surface area contributed by atoms with E-state index in [4.69, 9.17) is 21.6 Å². The molecule has 0 fully saturated rings. The van der Waals surface area contributed by atoms with Gasteiger partial charge < -0.3 is 15.9 Å². The smallest absolute Gasteiger partial charge is 0.166 e. The summed E-state index contributed by atoms with van der Waals surface area (Å²) in [5.74, 6) is 4.95. The van der Waals surface area contributed by atoms with E-state index in [1.165, 1.54) is 6.07 Å². The van der Waals surface area contributed by atoms with Crippen molar-refractivity contribution in [1.82, 2.24) is 5.43 Å². The molecule has 0 unspecified atom stereocenters. The maximum atomic E-state index is 13.7. The Balaban J connectivity index is 2.18. The van der Waals surface area contributed by atoms with E-state index in [-0.39, 0.29) is 23.8 Å². The van der Waals surface area contributed by atoms with Gasteiger partial charge in [0, 0.05) is 10.0 Å². The fourth-order valence-corrected chi connectivity index (χ4v) is 2.23. The van der Waals surface area contributed by atoms with Gasteiger partial charge in [-0.1, -0.05) is 34.1 Å². The van der Waals surface area contributed by atoms with Gasteiger partial charge in [0.15, 0.2) is 17.3 Å². The summed E-state index contributed by atoms with van der Waals surface area (Å²) < 4.78 is 19.8. The van der Waals surface area contributed by atoms with E-state index in [1.54, 1.807) is 30.3 Å². The molecule has 0 aliphatic rings. The summed E-state index contributed by atoms with van der Waals surface area (Å²) in [5, 5.41) is 8.93. The Morgan fingerprint density at radius 1 is 1.30 bits per heavy atom. The van der Waals surface area contributed by atoms with Gasteiger partial charge in [-0.25, -0.2) is 10.2 Å². The second-order valence-electron chi connectivity index (χ2n) is 4.61. The van der Waals surface area contributed by atoms with Crippen molar-refractivity contribution in [2.75, 3.05) is 0 Å². The maximum Gasteiger partial charge on any atom is 0.166 e. The molecular formula is C16H14BrFN4O. The summed E-state index contributed by atoms with van der Waals surface area (Å²) in [7, 11) is 0. The summed E-state index contributed by atoms with van der Waals surface area (Å²) in [5.41, 5.74) is 9.84. The zero-order chi connectivity index (χ0) is 16.8. The van der Waals surface area contributed by atoms with Crippen LogP contribution in [-0.4, -0.2) is 0 Å². The molecule has 7 heteroatoms. The number of ether oxygens (including phenoxy) is 1. The molecule has 5 nitrogen and oxygen atoms in total. The van der Waals surface area contributed by atoms with Crippen molar-refractivity contribution < 1.29 is 9.13 Å². The number of halogens is 2. The van der Waals surface area contributed by atoms with Crippen LogP contribution in [0.4, 0.5) is 4.39 Å². The zero-order valence-electron chi connectivity index (χ0n) is 12.0. The first-order valence-corrected chi connectivity index (χ1v) is 7.38. The quantitative estimate of drug-likeness (QED) is 0.423. The van der Waals surface area contributed by atoms with Crippen molar-refractivity contribution in [2.24, 2.45) is 11.6 Å². The van der Waals surface area contributed by atoms with Crippen LogP contribution in [0, 0.1) is 17.1 Å². The highest BCUT2D eigenvalue weighted by atomic mass is 79.9. The fraction of sp³-hybridized carbons (Fsp3) is 0.0625. The Morgan fingerprint density at radius 2 is 2.09 bits per heavy atom. The first-order chi connectivity index (χ1) is 11.0. The van der Waals surface area contributed by atoms with E-state index >= 15 is 0 Å². The zero-order valence-corrected chi connectivity index (χ0v) is 13.6. The molecule has 0 aromatic heterocycles. The molecule has 0 radical (unpaired) electrons. The summed E-state index contributed by atoms with van der Waals surface area (Å²) in [6.07, 6.45) is 0. The number of nitrogens with two attached hydrogens (primary N) is 2. The summed E-state index contributed by atoms with van der Waals surface area (Å²) >= 11 is 3.19. The van der Waals surface area contributed by atoms with Gasteiger partial charge in [-0.2, -0.15) is 5.26 Å². The van der Waals surface area contributed by atoms with Crippen molar-refractivity contribution in [3.8, 4) is 11.8 Å². The van der Waals surface area contributed by atoms with E-state index in [1.807, 2.05) is 12.1 Å². The van der Waals surface area contributed by atoms with Gasteiger partial charge in [0.05, 0.1) is 5.70 Å². The Labute approximate surface area is 141 Å². The predicted molar refractivity (Wildman–Crippen MR) is 88.9 cm³/mol. The number of hydrogen-bond acceptors (Lipinski definition) is 5. The first-order valence-electron chi connectivity index (χ1n) is 6.58. The lowest BCUT2D eigenvalue weighted by Crippen LogP contribution is -2.23. The van der Waals surface area contributed by atoms with Crippen LogP contribution in [0.25, 0.3) is 5.70 Å². The number of nitriles is 1. The van der Waals surface area contributed by atoms with Crippen molar-refractivity contribution in [3.63, 3.8) is 0 Å². The van der Waals surface area contributed by atoms with Gasteiger partial charge in [-0.3, -0.25) is 0 Å². The second kappa shape index (κ2) is 7.63. The minimum atomic E-state index is -0.450. The van der Waals surface area contributed by atoms with Crippen LogP contribution in [0.1, 0.15) is 11.1 Å². The molecule has 0 amide bonds. The van der Waals surface area contributed by atoms with E-state index in [2.05, 4.69) is 21.4 Å². The van der Waals surface area contributed by atoms with Gasteiger partial charge in [0.1, 0.15) is 12.7 Å². The van der Waals surface area contributed by atoms with E-state index < -0.39 is 5.82 Å². The van der Waals surface area contributed by atoms with E-state index in [9.17, 15) is 4.39 Å². The molecular weight excluding hydrogens is 363 g/mol. The van der Waals surface area contributed by atoms with Crippen LogP contribution in [0.2, 0.25) is 0 Å². The topological polar surface area (TPSA) is 97.1 Å². The lowest BCUT2D eigenvalue weighted by atomic mass is 10.1. The fourth-order valence-electron chi connectivity index (χ4n) is 1.90. The standard InChI is InChI=1S/C16H14BrFN4O/c17-12-4-5-15(13(18)7-12)23-9-10-2-1-3-11(6-10)16(20)14(8-19)22-21/h1-7,22H,9,20-21H2/b16-14-. The number of allylic oxidation sites excluding steroid dienone is 1. The van der Waals surface area contributed by atoms with Gasteiger partial charge in [-0.15, -0.1) is 0 Å². The monoisotopic (exact) mass is 376 g/mol. The number of benzene rings is 2. The highest BCUT2D eigenvalue weighted by molar-refractivity contribution is 9.10. The minimum absolute atomic E-state index is 0.0713. The highest BCUT2D eigenvalue weighted by Crippen LogP contribution is 2.23. The van der Waals surface area contributed by atoms with Crippen LogP contribution >= 0.6 is 15.9 Å². The third-order valence-corrected chi connectivity index (χ3v) is 3.54. The molecule has 5 N–H and O–H groups in total. The van der Waals surface area contributed by atoms with Crippen molar-refractivity contribution in [3.05, 3.63) is 69.6 Å². The summed E-state index contributed by atoms with van der Waals surface area (Å²) in [6, 6.07) is 13.5. The largest absolute Gasteiger partial charge is 0.486 e. The number of hydrazine groups is 1. The molecule has 0 atom stereocenters. The molecule has 0 saturated carbocycles. The van der Waals surface area contributed by atoms with Crippen LogP contribution in [0.15, 0.2) is 52.6 Å². The minimum Gasteiger partial charge on any atom is -0.486 e. The Morgan fingerprint density at radius 3 is 2.74 bits per heavy atom. The Hall–Kier alpha value is -2.56. The average molecular weight is 377 g/mol. The third-order valence-electron chi connectivity index (χ3n) is 3.05. The maximum absolute atomic E-state index is 13.7. The molecule has 0 aliphatic carbocycles. The van der Waals surface area contributed by atoms with Crippen LogP contribution in [0.5, 0.6) is 5.75 Å². The normalized spacial score (nSPS) is 11.4. The van der Waals surface area contributed by atoms with Crippen molar-refractivity contribution in [2.45, 2.75) is 6.61 Å². The molecule has 0 heterocycles. The molecule has 0 spiro atoms. The van der Waals surface area contributed by atoms with E-state index in [0.717, 1.165) is 5.56 Å². The Bertz CT molecular complexity index is 786. The van der Waals surface area contributed by atoms with Crippen molar-refractivity contribution >= 4 is 21.6 Å². The molecule has 0 saturated heterocycles. The summed E-state index contributed by atoms with van der Waals surface area (Å²) in [6.45, 7) is 0.164. The molecule has 0 bridgehead atoms. The lowest BCUT2D eigenvalue weighted by Gasteiger charge is -2.10. The number of nitrogens with zero attached hydrogens (tertiary/aromatic N) is 1. The number of hydrogen-bond donors (Lipinski definition) is 3. The van der Waals surface area contributed by atoms with Crippen LogP contribution in [0.3, 0.4) is 0 Å². The van der Waals surface area contributed by atoms with Crippen molar-refractivity contribution in [1.29, 1.82) is 5.26 Å². The van der Waals surface area contributed by atoms with E-state index in [0.29, 0.717) is 10.0 Å². The number of rotatable bonds is 5. The van der Waals surface area contributed by atoms with Gasteiger partial charge >= 0.3 is 0 Å².